The van der Waals surface area contributed by atoms with Crippen molar-refractivity contribution in [2.75, 3.05) is 20.2 Å². The first-order chi connectivity index (χ1) is 11.1. The molecule has 0 N–H and O–H groups in total. The van der Waals surface area contributed by atoms with E-state index in [1.165, 1.54) is 20.1 Å². The largest absolute Gasteiger partial charge is 0.496 e. The van der Waals surface area contributed by atoms with Gasteiger partial charge in [-0.05, 0) is 24.6 Å². The van der Waals surface area contributed by atoms with Gasteiger partial charge in [0, 0.05) is 38.0 Å². The van der Waals surface area contributed by atoms with E-state index in [2.05, 4.69) is 0 Å². The number of ether oxygens (including phenoxy) is 1. The summed E-state index contributed by atoms with van der Waals surface area (Å²) in [6, 6.07) is 2.61. The maximum atomic E-state index is 13.1. The number of likely N-dealkylation sites (tertiary alicyclic amines) is 1. The Hall–Kier alpha value is -1.37. The van der Waals surface area contributed by atoms with E-state index < -0.39 is 17.7 Å². The van der Waals surface area contributed by atoms with Gasteiger partial charge >= 0.3 is 6.18 Å². The molecule has 2 nitrogen and oxygen atoms in total. The molecular formula is C17H24F5NO. The highest BCUT2D eigenvalue weighted by Gasteiger charge is 2.36. The first kappa shape index (κ1) is 20.7. The van der Waals surface area contributed by atoms with E-state index >= 15 is 0 Å². The molecule has 0 saturated carbocycles. The van der Waals surface area contributed by atoms with Gasteiger partial charge < -0.3 is 4.74 Å². The summed E-state index contributed by atoms with van der Waals surface area (Å²) < 4.78 is 70.4. The predicted octanol–water partition coefficient (Wildman–Crippen LogP) is 5.28. The SMILES string of the molecule is CC.COc1cc(CN2CCC(F)(F)CC2)cc(C(F)(F)F)c1C. The quantitative estimate of drug-likeness (QED) is 0.686. The Kier molecular flexibility index (Phi) is 7.01. The molecule has 1 aliphatic heterocycles. The number of benzene rings is 1. The standard InChI is InChI=1S/C15H18F5NO.C2H6/c1-10-12(15(18,19)20)7-11(8-13(10)22-2)9-21-5-3-14(16,17)4-6-21;1-2/h7-8H,3-6,9H2,1-2H3;1-2H3. The van der Waals surface area contributed by atoms with Crippen LogP contribution in [0.2, 0.25) is 0 Å². The normalized spacial score (nSPS) is 17.9. The van der Waals surface area contributed by atoms with Crippen LogP contribution in [0.25, 0.3) is 0 Å². The fourth-order valence-corrected chi connectivity index (χ4v) is 2.64. The lowest BCUT2D eigenvalue weighted by Crippen LogP contribution is -2.38. The summed E-state index contributed by atoms with van der Waals surface area (Å²) in [6.07, 6.45) is -4.99. The second-order valence-electron chi connectivity index (χ2n) is 5.60. The van der Waals surface area contributed by atoms with Crippen molar-refractivity contribution in [3.63, 3.8) is 0 Å². The van der Waals surface area contributed by atoms with Gasteiger partial charge in [0.25, 0.3) is 5.92 Å². The summed E-state index contributed by atoms with van der Waals surface area (Å²) >= 11 is 0. The first-order valence-corrected chi connectivity index (χ1v) is 7.97. The Morgan fingerprint density at radius 3 is 2.12 bits per heavy atom. The molecule has 1 fully saturated rings. The van der Waals surface area contributed by atoms with Crippen LogP contribution in [0, 0.1) is 6.92 Å². The van der Waals surface area contributed by atoms with E-state index in [4.69, 9.17) is 4.74 Å². The van der Waals surface area contributed by atoms with Gasteiger partial charge in [0.05, 0.1) is 12.7 Å². The lowest BCUT2D eigenvalue weighted by molar-refractivity contribution is -0.138. The Morgan fingerprint density at radius 1 is 1.12 bits per heavy atom. The minimum Gasteiger partial charge on any atom is -0.496 e. The van der Waals surface area contributed by atoms with Crippen LogP contribution >= 0.6 is 0 Å². The summed E-state index contributed by atoms with van der Waals surface area (Å²) in [5.41, 5.74) is -0.298. The predicted molar refractivity (Wildman–Crippen MR) is 83.5 cm³/mol. The van der Waals surface area contributed by atoms with Gasteiger partial charge in [-0.25, -0.2) is 8.78 Å². The molecule has 1 heterocycles. The lowest BCUT2D eigenvalue weighted by Gasteiger charge is -2.32. The third-order valence-corrected chi connectivity index (χ3v) is 3.94. The Labute approximate surface area is 139 Å². The number of nitrogens with zero attached hydrogens (tertiary/aromatic N) is 1. The van der Waals surface area contributed by atoms with Crippen molar-refractivity contribution < 1.29 is 26.7 Å². The van der Waals surface area contributed by atoms with Crippen LogP contribution in [0.3, 0.4) is 0 Å². The minimum absolute atomic E-state index is 0.0314. The molecular weight excluding hydrogens is 329 g/mol. The molecule has 0 radical (unpaired) electrons. The van der Waals surface area contributed by atoms with Crippen LogP contribution in [0.15, 0.2) is 12.1 Å². The molecule has 0 aromatic heterocycles. The Bertz CT molecular complexity index is 533. The molecule has 0 aliphatic carbocycles. The monoisotopic (exact) mass is 353 g/mol. The second kappa shape index (κ2) is 8.14. The number of hydrogen-bond donors (Lipinski definition) is 0. The number of hydrogen-bond acceptors (Lipinski definition) is 2. The Morgan fingerprint density at radius 2 is 1.67 bits per heavy atom. The maximum Gasteiger partial charge on any atom is 0.416 e. The van der Waals surface area contributed by atoms with Crippen LogP contribution in [0.1, 0.15) is 43.4 Å². The van der Waals surface area contributed by atoms with Crippen LogP contribution in [0.4, 0.5) is 22.0 Å². The van der Waals surface area contributed by atoms with E-state index in [1.807, 2.05) is 13.8 Å². The fraction of sp³-hybridized carbons (Fsp3) is 0.647. The third-order valence-electron chi connectivity index (χ3n) is 3.94. The van der Waals surface area contributed by atoms with Crippen LogP contribution in [-0.4, -0.2) is 31.0 Å². The van der Waals surface area contributed by atoms with Crippen LogP contribution in [-0.2, 0) is 12.7 Å². The van der Waals surface area contributed by atoms with Crippen molar-refractivity contribution >= 4 is 0 Å². The molecule has 0 atom stereocenters. The topological polar surface area (TPSA) is 12.5 Å². The molecule has 7 heteroatoms. The van der Waals surface area contributed by atoms with E-state index in [1.54, 1.807) is 4.90 Å². The van der Waals surface area contributed by atoms with Gasteiger partial charge in [0.2, 0.25) is 0 Å². The molecule has 0 unspecified atom stereocenters. The van der Waals surface area contributed by atoms with Crippen molar-refractivity contribution in [3.05, 3.63) is 28.8 Å². The number of alkyl halides is 5. The van der Waals surface area contributed by atoms with Gasteiger partial charge in [0.15, 0.2) is 0 Å². The number of rotatable bonds is 3. The lowest BCUT2D eigenvalue weighted by atomic mass is 10.0. The van der Waals surface area contributed by atoms with Gasteiger partial charge in [-0.3, -0.25) is 4.90 Å². The summed E-state index contributed by atoms with van der Waals surface area (Å²) in [5.74, 6) is -2.51. The fourth-order valence-electron chi connectivity index (χ4n) is 2.64. The van der Waals surface area contributed by atoms with Crippen molar-refractivity contribution in [3.8, 4) is 5.75 Å². The average Bonchev–Trinajstić information content (AvgIpc) is 2.51. The van der Waals surface area contributed by atoms with Crippen LogP contribution in [0.5, 0.6) is 5.75 Å². The van der Waals surface area contributed by atoms with Crippen molar-refractivity contribution in [1.82, 2.24) is 4.90 Å². The Balaban J connectivity index is 0.00000139. The molecule has 0 amide bonds. The van der Waals surface area contributed by atoms with Gasteiger partial charge in [-0.1, -0.05) is 13.8 Å². The van der Waals surface area contributed by atoms with Gasteiger partial charge in [-0.2, -0.15) is 13.2 Å². The summed E-state index contributed by atoms with van der Waals surface area (Å²) in [5, 5.41) is 0. The zero-order valence-corrected chi connectivity index (χ0v) is 14.4. The summed E-state index contributed by atoms with van der Waals surface area (Å²) in [6.45, 7) is 5.90. The zero-order valence-electron chi connectivity index (χ0n) is 14.4. The first-order valence-electron chi connectivity index (χ1n) is 7.97. The summed E-state index contributed by atoms with van der Waals surface area (Å²) in [4.78, 5) is 1.74. The molecule has 0 bridgehead atoms. The van der Waals surface area contributed by atoms with Crippen molar-refractivity contribution in [2.24, 2.45) is 0 Å². The second-order valence-corrected chi connectivity index (χ2v) is 5.60. The number of halogens is 5. The maximum absolute atomic E-state index is 13.1. The van der Waals surface area contributed by atoms with Crippen molar-refractivity contribution in [2.45, 2.75) is 52.3 Å². The molecule has 24 heavy (non-hydrogen) atoms. The number of methoxy groups -OCH3 is 1. The minimum atomic E-state index is -4.47. The zero-order chi connectivity index (χ0) is 18.5. The molecule has 1 aliphatic rings. The highest BCUT2D eigenvalue weighted by atomic mass is 19.4. The summed E-state index contributed by atoms with van der Waals surface area (Å²) in [7, 11) is 1.31. The van der Waals surface area contributed by atoms with Gasteiger partial charge in [0.1, 0.15) is 5.75 Å². The molecule has 2 rings (SSSR count). The van der Waals surface area contributed by atoms with E-state index in [0.717, 1.165) is 6.07 Å². The van der Waals surface area contributed by atoms with Crippen molar-refractivity contribution in [1.29, 1.82) is 0 Å². The smallest absolute Gasteiger partial charge is 0.416 e. The average molecular weight is 353 g/mol. The highest BCUT2D eigenvalue weighted by molar-refractivity contribution is 5.44. The molecule has 1 aromatic rings. The van der Waals surface area contributed by atoms with Gasteiger partial charge in [-0.15, -0.1) is 0 Å². The molecule has 138 valence electrons. The van der Waals surface area contributed by atoms with E-state index in [-0.39, 0.29) is 43.8 Å². The number of piperidine rings is 1. The van der Waals surface area contributed by atoms with E-state index in [0.29, 0.717) is 5.56 Å². The highest BCUT2D eigenvalue weighted by Crippen LogP contribution is 2.37. The van der Waals surface area contributed by atoms with Crippen LogP contribution < -0.4 is 4.74 Å². The molecule has 0 spiro atoms. The van der Waals surface area contributed by atoms with E-state index in [9.17, 15) is 22.0 Å². The third kappa shape index (κ3) is 5.33. The molecule has 1 aromatic carbocycles. The molecule has 1 saturated heterocycles.